The van der Waals surface area contributed by atoms with Crippen LogP contribution in [0.1, 0.15) is 22.6 Å². The monoisotopic (exact) mass is 268 g/mol. The fourth-order valence-electron chi connectivity index (χ4n) is 2.03. The molecule has 18 heavy (non-hydrogen) atoms. The molecule has 1 aliphatic heterocycles. The van der Waals surface area contributed by atoms with Gasteiger partial charge >= 0.3 is 0 Å². The maximum absolute atomic E-state index is 11.8. The number of aryl methyl sites for hydroxylation is 1. The van der Waals surface area contributed by atoms with Crippen molar-refractivity contribution in [1.82, 2.24) is 10.3 Å². The lowest BCUT2D eigenvalue weighted by Gasteiger charge is -2.09. The Kier molecular flexibility index (Phi) is 3.65. The van der Waals surface area contributed by atoms with Gasteiger partial charge in [-0.3, -0.25) is 4.79 Å². The molecule has 0 unspecified atom stereocenters. The van der Waals surface area contributed by atoms with Crippen molar-refractivity contribution in [2.45, 2.75) is 13.3 Å². The summed E-state index contributed by atoms with van der Waals surface area (Å²) in [6.45, 7) is 2.22. The van der Waals surface area contributed by atoms with Gasteiger partial charge in [0.2, 0.25) is 0 Å². The lowest BCUT2D eigenvalue weighted by atomic mass is 10.1. The highest BCUT2D eigenvalue weighted by atomic mass is 32.2. The SMILES string of the molecule is Cc1cccc(C(=O)NC[C@@H]2CCS(=O)(=O)C2)n1. The summed E-state index contributed by atoms with van der Waals surface area (Å²) in [7, 11) is -2.88. The van der Waals surface area contributed by atoms with Gasteiger partial charge < -0.3 is 5.32 Å². The van der Waals surface area contributed by atoms with Gasteiger partial charge in [0.15, 0.2) is 9.84 Å². The number of aromatic nitrogens is 1. The van der Waals surface area contributed by atoms with Crippen LogP contribution in [0.15, 0.2) is 18.2 Å². The van der Waals surface area contributed by atoms with Crippen LogP contribution < -0.4 is 5.32 Å². The molecule has 0 radical (unpaired) electrons. The zero-order valence-electron chi connectivity index (χ0n) is 10.2. The van der Waals surface area contributed by atoms with Crippen LogP contribution in [0.5, 0.6) is 0 Å². The van der Waals surface area contributed by atoms with Crippen LogP contribution in [0.2, 0.25) is 0 Å². The minimum absolute atomic E-state index is 0.0313. The molecule has 1 amide bonds. The Hall–Kier alpha value is -1.43. The Bertz CT molecular complexity index is 554. The van der Waals surface area contributed by atoms with E-state index in [1.165, 1.54) is 0 Å². The van der Waals surface area contributed by atoms with Gasteiger partial charge in [-0.15, -0.1) is 0 Å². The van der Waals surface area contributed by atoms with Gasteiger partial charge in [0.25, 0.3) is 5.91 Å². The van der Waals surface area contributed by atoms with E-state index in [0.29, 0.717) is 18.7 Å². The lowest BCUT2D eigenvalue weighted by molar-refractivity contribution is 0.0943. The summed E-state index contributed by atoms with van der Waals surface area (Å²) in [5, 5.41) is 2.74. The number of carbonyl (C=O) groups excluding carboxylic acids is 1. The smallest absolute Gasteiger partial charge is 0.269 e. The average Bonchev–Trinajstić information content (AvgIpc) is 2.66. The second-order valence-corrected chi connectivity index (χ2v) is 6.87. The first-order chi connectivity index (χ1) is 8.46. The number of nitrogens with one attached hydrogen (secondary N) is 1. The largest absolute Gasteiger partial charge is 0.350 e. The topological polar surface area (TPSA) is 76.1 Å². The Balaban J connectivity index is 1.90. The Morgan fingerprint density at radius 1 is 1.50 bits per heavy atom. The molecule has 0 aliphatic carbocycles. The molecular formula is C12H16N2O3S. The molecule has 0 aromatic carbocycles. The Morgan fingerprint density at radius 2 is 2.28 bits per heavy atom. The van der Waals surface area contributed by atoms with Crippen LogP contribution in [-0.2, 0) is 9.84 Å². The lowest BCUT2D eigenvalue weighted by Crippen LogP contribution is -2.30. The van der Waals surface area contributed by atoms with E-state index in [1.807, 2.05) is 13.0 Å². The van der Waals surface area contributed by atoms with E-state index < -0.39 is 9.84 Å². The van der Waals surface area contributed by atoms with Crippen LogP contribution in [0.3, 0.4) is 0 Å². The molecule has 5 nitrogen and oxygen atoms in total. The summed E-state index contributed by atoms with van der Waals surface area (Å²) in [6, 6.07) is 5.24. The van der Waals surface area contributed by atoms with Gasteiger partial charge in [0.1, 0.15) is 5.69 Å². The third-order valence-electron chi connectivity index (χ3n) is 3.00. The molecule has 2 rings (SSSR count). The fourth-order valence-corrected chi connectivity index (χ4v) is 3.89. The van der Waals surface area contributed by atoms with E-state index in [0.717, 1.165) is 5.69 Å². The molecule has 6 heteroatoms. The molecule has 1 aliphatic rings. The molecule has 0 saturated carbocycles. The number of hydrogen-bond acceptors (Lipinski definition) is 4. The van der Waals surface area contributed by atoms with E-state index >= 15 is 0 Å². The maximum atomic E-state index is 11.8. The van der Waals surface area contributed by atoms with Gasteiger partial charge in [-0.1, -0.05) is 6.07 Å². The zero-order chi connectivity index (χ0) is 13.2. The highest BCUT2D eigenvalue weighted by Crippen LogP contribution is 2.17. The van der Waals surface area contributed by atoms with Crippen molar-refractivity contribution >= 4 is 15.7 Å². The first kappa shape index (κ1) is 13.0. The van der Waals surface area contributed by atoms with Crippen molar-refractivity contribution in [3.05, 3.63) is 29.6 Å². The Labute approximate surface area is 107 Å². The quantitative estimate of drug-likeness (QED) is 0.868. The second-order valence-electron chi connectivity index (χ2n) is 4.64. The summed E-state index contributed by atoms with van der Waals surface area (Å²) < 4.78 is 22.6. The highest BCUT2D eigenvalue weighted by molar-refractivity contribution is 7.91. The standard InChI is InChI=1S/C12H16N2O3S/c1-9-3-2-4-11(14-9)12(15)13-7-10-5-6-18(16,17)8-10/h2-4,10H,5-8H2,1H3,(H,13,15)/t10-/m0/s1. The summed E-state index contributed by atoms with van der Waals surface area (Å²) in [5.74, 6) is 0.192. The van der Waals surface area contributed by atoms with Crippen LogP contribution in [0, 0.1) is 12.8 Å². The number of pyridine rings is 1. The number of amides is 1. The normalized spacial score (nSPS) is 21.7. The van der Waals surface area contributed by atoms with Crippen molar-refractivity contribution in [3.8, 4) is 0 Å². The minimum Gasteiger partial charge on any atom is -0.350 e. The number of rotatable bonds is 3. The number of sulfone groups is 1. The second kappa shape index (κ2) is 5.06. The van der Waals surface area contributed by atoms with Gasteiger partial charge in [0, 0.05) is 12.2 Å². The van der Waals surface area contributed by atoms with Crippen molar-refractivity contribution < 1.29 is 13.2 Å². The molecule has 2 heterocycles. The van der Waals surface area contributed by atoms with E-state index in [1.54, 1.807) is 12.1 Å². The van der Waals surface area contributed by atoms with Crippen LogP contribution in [0.4, 0.5) is 0 Å². The van der Waals surface area contributed by atoms with E-state index in [2.05, 4.69) is 10.3 Å². The molecule has 1 N–H and O–H groups in total. The molecule has 98 valence electrons. The van der Waals surface area contributed by atoms with Crippen molar-refractivity contribution in [2.75, 3.05) is 18.1 Å². The third-order valence-corrected chi connectivity index (χ3v) is 4.84. The Morgan fingerprint density at radius 3 is 2.89 bits per heavy atom. The van der Waals surface area contributed by atoms with Crippen LogP contribution >= 0.6 is 0 Å². The van der Waals surface area contributed by atoms with Crippen molar-refractivity contribution in [3.63, 3.8) is 0 Å². The zero-order valence-corrected chi connectivity index (χ0v) is 11.0. The summed E-state index contributed by atoms with van der Waals surface area (Å²) >= 11 is 0. The number of nitrogens with zero attached hydrogens (tertiary/aromatic N) is 1. The number of carbonyl (C=O) groups is 1. The minimum atomic E-state index is -2.88. The van der Waals surface area contributed by atoms with E-state index in [4.69, 9.17) is 0 Å². The fraction of sp³-hybridized carbons (Fsp3) is 0.500. The van der Waals surface area contributed by atoms with E-state index in [9.17, 15) is 13.2 Å². The van der Waals surface area contributed by atoms with E-state index in [-0.39, 0.29) is 23.3 Å². The third kappa shape index (κ3) is 3.29. The molecule has 1 aromatic heterocycles. The summed E-state index contributed by atoms with van der Waals surface area (Å²) in [4.78, 5) is 15.9. The predicted octanol–water partition coefficient (Wildman–Crippen LogP) is 0.555. The van der Waals surface area contributed by atoms with Crippen LogP contribution in [-0.4, -0.2) is 37.4 Å². The summed E-state index contributed by atoms with van der Waals surface area (Å²) in [5.41, 5.74) is 1.15. The van der Waals surface area contributed by atoms with Crippen molar-refractivity contribution in [2.24, 2.45) is 5.92 Å². The van der Waals surface area contributed by atoms with Crippen molar-refractivity contribution in [1.29, 1.82) is 0 Å². The maximum Gasteiger partial charge on any atom is 0.269 e. The van der Waals surface area contributed by atoms with Gasteiger partial charge in [-0.25, -0.2) is 13.4 Å². The van der Waals surface area contributed by atoms with Gasteiger partial charge in [-0.05, 0) is 31.4 Å². The van der Waals surface area contributed by atoms with Gasteiger partial charge in [-0.2, -0.15) is 0 Å². The molecule has 0 bridgehead atoms. The molecule has 1 atom stereocenters. The molecule has 1 aromatic rings. The van der Waals surface area contributed by atoms with Gasteiger partial charge in [0.05, 0.1) is 11.5 Å². The first-order valence-corrected chi connectivity index (χ1v) is 7.71. The summed E-state index contributed by atoms with van der Waals surface area (Å²) in [6.07, 6.45) is 0.629. The molecule has 0 spiro atoms. The first-order valence-electron chi connectivity index (χ1n) is 5.88. The highest BCUT2D eigenvalue weighted by Gasteiger charge is 2.28. The molecule has 1 saturated heterocycles. The average molecular weight is 268 g/mol. The van der Waals surface area contributed by atoms with Crippen LogP contribution in [0.25, 0.3) is 0 Å². The predicted molar refractivity (Wildman–Crippen MR) is 68.1 cm³/mol. The number of hydrogen-bond donors (Lipinski definition) is 1. The molecular weight excluding hydrogens is 252 g/mol. The molecule has 1 fully saturated rings.